The molecule has 0 aliphatic rings. The summed E-state index contributed by atoms with van der Waals surface area (Å²) < 4.78 is 15.8. The van der Waals surface area contributed by atoms with Crippen LogP contribution in [0.4, 0.5) is 4.39 Å². The molecule has 6 heteroatoms. The number of hydrogen-bond donors (Lipinski definition) is 1. The van der Waals surface area contributed by atoms with Gasteiger partial charge in [0.15, 0.2) is 0 Å². The summed E-state index contributed by atoms with van der Waals surface area (Å²) in [4.78, 5) is 0. The molecule has 0 saturated carbocycles. The average molecular weight is 279 g/mol. The van der Waals surface area contributed by atoms with Crippen molar-refractivity contribution in [3.63, 3.8) is 0 Å². The van der Waals surface area contributed by atoms with Gasteiger partial charge in [0.1, 0.15) is 6.67 Å². The molecular formula is C14H22FN5. The van der Waals surface area contributed by atoms with Crippen LogP contribution in [0.1, 0.15) is 25.1 Å². The molecule has 0 saturated heterocycles. The standard InChI is InChI=1S/C14H22FN5/c1-12(2)10-20-14(3-5-17-20)9-16-7-13-8-18-19(11-13)6-4-15/h3,5,8,11-12,16H,4,6-7,9-10H2,1-2H3. The minimum atomic E-state index is -0.386. The highest BCUT2D eigenvalue weighted by molar-refractivity contribution is 5.05. The SMILES string of the molecule is CC(C)Cn1nccc1CNCc1cnn(CCF)c1. The van der Waals surface area contributed by atoms with Crippen LogP contribution in [0.15, 0.2) is 24.7 Å². The van der Waals surface area contributed by atoms with Gasteiger partial charge in [-0.25, -0.2) is 4.39 Å². The third-order valence-corrected chi connectivity index (χ3v) is 2.98. The molecule has 0 amide bonds. The first-order chi connectivity index (χ1) is 9.69. The molecule has 2 heterocycles. The lowest BCUT2D eigenvalue weighted by Crippen LogP contribution is -2.17. The Morgan fingerprint density at radius 2 is 2.15 bits per heavy atom. The molecule has 2 aromatic rings. The molecule has 0 atom stereocenters. The number of rotatable bonds is 8. The molecule has 2 aromatic heterocycles. The van der Waals surface area contributed by atoms with Crippen LogP contribution in [-0.2, 0) is 26.2 Å². The molecule has 0 aromatic carbocycles. The van der Waals surface area contributed by atoms with Crippen molar-refractivity contribution in [3.05, 3.63) is 35.9 Å². The van der Waals surface area contributed by atoms with E-state index in [2.05, 4.69) is 29.4 Å². The van der Waals surface area contributed by atoms with Gasteiger partial charge in [-0.15, -0.1) is 0 Å². The number of aryl methyl sites for hydroxylation is 1. The van der Waals surface area contributed by atoms with Gasteiger partial charge in [0, 0.05) is 37.6 Å². The van der Waals surface area contributed by atoms with Crippen molar-refractivity contribution < 1.29 is 4.39 Å². The van der Waals surface area contributed by atoms with E-state index in [0.717, 1.165) is 25.2 Å². The van der Waals surface area contributed by atoms with E-state index >= 15 is 0 Å². The third kappa shape index (κ3) is 4.16. The number of hydrogen-bond acceptors (Lipinski definition) is 3. The first-order valence-corrected chi connectivity index (χ1v) is 6.97. The van der Waals surface area contributed by atoms with Crippen molar-refractivity contribution in [2.75, 3.05) is 6.67 Å². The van der Waals surface area contributed by atoms with Gasteiger partial charge in [0.2, 0.25) is 0 Å². The molecule has 1 N–H and O–H groups in total. The zero-order valence-electron chi connectivity index (χ0n) is 12.1. The minimum Gasteiger partial charge on any atom is -0.307 e. The van der Waals surface area contributed by atoms with E-state index in [0.29, 0.717) is 12.5 Å². The largest absolute Gasteiger partial charge is 0.307 e. The molecule has 0 radical (unpaired) electrons. The maximum absolute atomic E-state index is 12.2. The van der Waals surface area contributed by atoms with Crippen molar-refractivity contribution in [1.82, 2.24) is 24.9 Å². The maximum atomic E-state index is 12.2. The van der Waals surface area contributed by atoms with Gasteiger partial charge in [-0.3, -0.25) is 9.36 Å². The highest BCUT2D eigenvalue weighted by atomic mass is 19.1. The van der Waals surface area contributed by atoms with Crippen LogP contribution >= 0.6 is 0 Å². The van der Waals surface area contributed by atoms with Gasteiger partial charge < -0.3 is 5.32 Å². The van der Waals surface area contributed by atoms with Crippen LogP contribution in [0.2, 0.25) is 0 Å². The number of alkyl halides is 1. The average Bonchev–Trinajstić information content (AvgIpc) is 3.00. The molecule has 110 valence electrons. The molecule has 0 aliphatic carbocycles. The summed E-state index contributed by atoms with van der Waals surface area (Å²) in [5.41, 5.74) is 2.24. The van der Waals surface area contributed by atoms with Crippen LogP contribution in [0, 0.1) is 5.92 Å². The molecule has 0 fully saturated rings. The first-order valence-electron chi connectivity index (χ1n) is 6.97. The lowest BCUT2D eigenvalue weighted by Gasteiger charge is -2.10. The normalized spacial score (nSPS) is 11.4. The van der Waals surface area contributed by atoms with Gasteiger partial charge in [0.25, 0.3) is 0 Å². The second-order valence-electron chi connectivity index (χ2n) is 5.30. The van der Waals surface area contributed by atoms with Gasteiger partial charge >= 0.3 is 0 Å². The van der Waals surface area contributed by atoms with Gasteiger partial charge in [0.05, 0.1) is 18.4 Å². The summed E-state index contributed by atoms with van der Waals surface area (Å²) >= 11 is 0. The van der Waals surface area contributed by atoms with E-state index < -0.39 is 0 Å². The van der Waals surface area contributed by atoms with Crippen molar-refractivity contribution >= 4 is 0 Å². The summed E-state index contributed by atoms with van der Waals surface area (Å²) in [5.74, 6) is 0.576. The fourth-order valence-electron chi connectivity index (χ4n) is 2.06. The van der Waals surface area contributed by atoms with Crippen molar-refractivity contribution in [2.24, 2.45) is 5.92 Å². The van der Waals surface area contributed by atoms with E-state index in [-0.39, 0.29) is 6.67 Å². The summed E-state index contributed by atoms with van der Waals surface area (Å²) in [6.45, 7) is 6.71. The lowest BCUT2D eigenvalue weighted by molar-refractivity contribution is 0.427. The second kappa shape index (κ2) is 7.19. The Labute approximate surface area is 118 Å². The molecule has 5 nitrogen and oxygen atoms in total. The predicted octanol–water partition coefficient (Wildman–Crippen LogP) is 1.99. The van der Waals surface area contributed by atoms with Gasteiger partial charge in [-0.2, -0.15) is 10.2 Å². The van der Waals surface area contributed by atoms with Crippen molar-refractivity contribution in [2.45, 2.75) is 40.0 Å². The van der Waals surface area contributed by atoms with E-state index in [9.17, 15) is 4.39 Å². The van der Waals surface area contributed by atoms with Crippen LogP contribution < -0.4 is 5.32 Å². The zero-order valence-corrected chi connectivity index (χ0v) is 12.1. The summed E-state index contributed by atoms with van der Waals surface area (Å²) in [6, 6.07) is 2.03. The molecule has 2 rings (SSSR count). The highest BCUT2D eigenvalue weighted by Crippen LogP contribution is 2.04. The van der Waals surface area contributed by atoms with E-state index in [4.69, 9.17) is 0 Å². The second-order valence-corrected chi connectivity index (χ2v) is 5.30. The predicted molar refractivity (Wildman–Crippen MR) is 75.8 cm³/mol. The quantitative estimate of drug-likeness (QED) is 0.804. The van der Waals surface area contributed by atoms with Crippen LogP contribution in [0.5, 0.6) is 0 Å². The van der Waals surface area contributed by atoms with Crippen LogP contribution in [0.25, 0.3) is 0 Å². The highest BCUT2D eigenvalue weighted by Gasteiger charge is 2.04. The topological polar surface area (TPSA) is 47.7 Å². The Balaban J connectivity index is 1.81. The van der Waals surface area contributed by atoms with E-state index in [1.807, 2.05) is 23.1 Å². The molecule has 20 heavy (non-hydrogen) atoms. The summed E-state index contributed by atoms with van der Waals surface area (Å²) in [7, 11) is 0. The Hall–Kier alpha value is -1.69. The molecule has 0 aliphatic heterocycles. The van der Waals surface area contributed by atoms with Crippen molar-refractivity contribution in [1.29, 1.82) is 0 Å². The van der Waals surface area contributed by atoms with Crippen LogP contribution in [-0.4, -0.2) is 26.2 Å². The molecule has 0 spiro atoms. The van der Waals surface area contributed by atoms with Gasteiger partial charge in [-0.1, -0.05) is 13.8 Å². The zero-order chi connectivity index (χ0) is 14.4. The number of nitrogens with one attached hydrogen (secondary N) is 1. The monoisotopic (exact) mass is 279 g/mol. The first kappa shape index (κ1) is 14.7. The van der Waals surface area contributed by atoms with E-state index in [1.165, 1.54) is 5.69 Å². The molecule has 0 bridgehead atoms. The van der Waals surface area contributed by atoms with E-state index in [1.54, 1.807) is 10.9 Å². The minimum absolute atomic E-state index is 0.321. The Bertz CT molecular complexity index is 517. The Kier molecular flexibility index (Phi) is 5.29. The summed E-state index contributed by atoms with van der Waals surface area (Å²) in [6.07, 6.45) is 5.48. The number of aromatic nitrogens is 4. The fourth-order valence-corrected chi connectivity index (χ4v) is 2.06. The maximum Gasteiger partial charge on any atom is 0.109 e. The fraction of sp³-hybridized carbons (Fsp3) is 0.571. The van der Waals surface area contributed by atoms with Crippen molar-refractivity contribution in [3.8, 4) is 0 Å². The Morgan fingerprint density at radius 3 is 2.90 bits per heavy atom. The number of halogens is 1. The summed E-state index contributed by atoms with van der Waals surface area (Å²) in [5, 5.41) is 11.8. The van der Waals surface area contributed by atoms with Crippen LogP contribution in [0.3, 0.4) is 0 Å². The Morgan fingerprint density at radius 1 is 1.30 bits per heavy atom. The molecular weight excluding hydrogens is 257 g/mol. The molecule has 0 unspecified atom stereocenters. The number of nitrogens with zero attached hydrogens (tertiary/aromatic N) is 4. The third-order valence-electron chi connectivity index (χ3n) is 2.98. The lowest BCUT2D eigenvalue weighted by atomic mass is 10.2. The van der Waals surface area contributed by atoms with Gasteiger partial charge in [-0.05, 0) is 12.0 Å². The smallest absolute Gasteiger partial charge is 0.109 e.